The fourth-order valence-corrected chi connectivity index (χ4v) is 1.01. The standard InChI is InChI=1S/C11H17N3O/c1-9(15-2)8-13-11(12)14-10-6-4-3-5-7-10/h3-7,9H,8H2,1-2H3,(H3,12,13,14). The second-order valence-corrected chi connectivity index (χ2v) is 3.26. The Morgan fingerprint density at radius 3 is 2.73 bits per heavy atom. The number of anilines is 1. The number of para-hydroxylation sites is 1. The van der Waals surface area contributed by atoms with E-state index in [0.29, 0.717) is 12.5 Å². The average Bonchev–Trinajstić information content (AvgIpc) is 2.27. The maximum absolute atomic E-state index is 5.69. The predicted molar refractivity (Wildman–Crippen MR) is 63.0 cm³/mol. The molecule has 1 aromatic carbocycles. The summed E-state index contributed by atoms with van der Waals surface area (Å²) in [6.45, 7) is 2.50. The number of benzene rings is 1. The predicted octanol–water partition coefficient (Wildman–Crippen LogP) is 1.45. The lowest BCUT2D eigenvalue weighted by Crippen LogP contribution is -2.24. The van der Waals surface area contributed by atoms with Crippen molar-refractivity contribution in [2.45, 2.75) is 13.0 Å². The van der Waals surface area contributed by atoms with Crippen molar-refractivity contribution in [2.75, 3.05) is 19.0 Å². The third-order valence-corrected chi connectivity index (χ3v) is 1.97. The van der Waals surface area contributed by atoms with Crippen molar-refractivity contribution < 1.29 is 4.74 Å². The number of guanidine groups is 1. The van der Waals surface area contributed by atoms with Crippen molar-refractivity contribution in [3.63, 3.8) is 0 Å². The van der Waals surface area contributed by atoms with E-state index >= 15 is 0 Å². The topological polar surface area (TPSA) is 59.6 Å². The van der Waals surface area contributed by atoms with E-state index in [1.807, 2.05) is 37.3 Å². The summed E-state index contributed by atoms with van der Waals surface area (Å²) in [5.74, 6) is 0.408. The van der Waals surface area contributed by atoms with Crippen LogP contribution in [-0.2, 0) is 4.74 Å². The molecule has 0 saturated heterocycles. The minimum absolute atomic E-state index is 0.0844. The lowest BCUT2D eigenvalue weighted by molar-refractivity contribution is 0.125. The molecule has 3 N–H and O–H groups in total. The zero-order chi connectivity index (χ0) is 11.1. The molecular formula is C11H17N3O. The number of nitrogens with zero attached hydrogens (tertiary/aromatic N) is 1. The number of hydrogen-bond donors (Lipinski definition) is 2. The molecule has 15 heavy (non-hydrogen) atoms. The molecule has 0 saturated carbocycles. The molecule has 0 aliphatic rings. The van der Waals surface area contributed by atoms with E-state index in [0.717, 1.165) is 5.69 Å². The molecule has 0 aliphatic carbocycles. The van der Waals surface area contributed by atoms with Gasteiger partial charge in [-0.25, -0.2) is 0 Å². The van der Waals surface area contributed by atoms with Crippen molar-refractivity contribution in [2.24, 2.45) is 10.7 Å². The van der Waals surface area contributed by atoms with Gasteiger partial charge < -0.3 is 15.8 Å². The summed E-state index contributed by atoms with van der Waals surface area (Å²) in [5.41, 5.74) is 6.63. The summed E-state index contributed by atoms with van der Waals surface area (Å²) in [7, 11) is 1.65. The molecule has 0 aliphatic heterocycles. The lowest BCUT2D eigenvalue weighted by atomic mass is 10.3. The van der Waals surface area contributed by atoms with Crippen LogP contribution in [0.3, 0.4) is 0 Å². The monoisotopic (exact) mass is 207 g/mol. The van der Waals surface area contributed by atoms with Crippen molar-refractivity contribution in [1.29, 1.82) is 0 Å². The SMILES string of the molecule is COC(C)CN=C(N)Nc1ccccc1. The Labute approximate surface area is 90.2 Å². The molecule has 4 heteroatoms. The van der Waals surface area contributed by atoms with E-state index < -0.39 is 0 Å². The number of nitrogens with two attached hydrogens (primary N) is 1. The highest BCUT2D eigenvalue weighted by Crippen LogP contribution is 2.03. The van der Waals surface area contributed by atoms with Crippen molar-refractivity contribution in [3.8, 4) is 0 Å². The van der Waals surface area contributed by atoms with Gasteiger partial charge in [0.2, 0.25) is 0 Å². The van der Waals surface area contributed by atoms with Crippen molar-refractivity contribution >= 4 is 11.6 Å². The van der Waals surface area contributed by atoms with Gasteiger partial charge in [0, 0.05) is 12.8 Å². The number of hydrogen-bond acceptors (Lipinski definition) is 2. The Hall–Kier alpha value is -1.55. The van der Waals surface area contributed by atoms with Crippen LogP contribution in [0.1, 0.15) is 6.92 Å². The van der Waals surface area contributed by atoms with E-state index in [9.17, 15) is 0 Å². The molecule has 1 atom stereocenters. The Balaban J connectivity index is 2.45. The first-order chi connectivity index (χ1) is 7.22. The number of aliphatic imine (C=N–C) groups is 1. The van der Waals surface area contributed by atoms with Crippen LogP contribution >= 0.6 is 0 Å². The highest BCUT2D eigenvalue weighted by atomic mass is 16.5. The van der Waals surface area contributed by atoms with Gasteiger partial charge in [-0.15, -0.1) is 0 Å². The molecular weight excluding hydrogens is 190 g/mol. The van der Waals surface area contributed by atoms with E-state index in [4.69, 9.17) is 10.5 Å². The van der Waals surface area contributed by atoms with Crippen LogP contribution in [0.4, 0.5) is 5.69 Å². The summed E-state index contributed by atoms with van der Waals surface area (Å²) < 4.78 is 5.06. The van der Waals surface area contributed by atoms with Crippen molar-refractivity contribution in [1.82, 2.24) is 0 Å². The maximum Gasteiger partial charge on any atom is 0.193 e. The highest BCUT2D eigenvalue weighted by Gasteiger charge is 1.98. The van der Waals surface area contributed by atoms with Gasteiger partial charge in [0.15, 0.2) is 5.96 Å². The van der Waals surface area contributed by atoms with Crippen LogP contribution in [0.2, 0.25) is 0 Å². The zero-order valence-corrected chi connectivity index (χ0v) is 9.10. The van der Waals surface area contributed by atoms with E-state index in [1.165, 1.54) is 0 Å². The molecule has 0 bridgehead atoms. The molecule has 4 nitrogen and oxygen atoms in total. The fraction of sp³-hybridized carbons (Fsp3) is 0.364. The van der Waals surface area contributed by atoms with Crippen LogP contribution < -0.4 is 11.1 Å². The second kappa shape index (κ2) is 6.03. The lowest BCUT2D eigenvalue weighted by Gasteiger charge is -2.08. The second-order valence-electron chi connectivity index (χ2n) is 3.26. The number of nitrogens with one attached hydrogen (secondary N) is 1. The molecule has 0 spiro atoms. The van der Waals surface area contributed by atoms with Gasteiger partial charge in [0.25, 0.3) is 0 Å². The summed E-state index contributed by atoms with van der Waals surface area (Å²) >= 11 is 0. The van der Waals surface area contributed by atoms with E-state index in [-0.39, 0.29) is 6.10 Å². The Kier molecular flexibility index (Phi) is 4.63. The van der Waals surface area contributed by atoms with Gasteiger partial charge in [-0.3, -0.25) is 4.99 Å². The molecule has 0 heterocycles. The van der Waals surface area contributed by atoms with Gasteiger partial charge in [-0.05, 0) is 19.1 Å². The first-order valence-electron chi connectivity index (χ1n) is 4.87. The molecule has 0 aromatic heterocycles. The summed E-state index contributed by atoms with van der Waals surface area (Å²) in [6, 6.07) is 9.69. The van der Waals surface area contributed by atoms with Gasteiger partial charge in [-0.1, -0.05) is 18.2 Å². The van der Waals surface area contributed by atoms with Crippen LogP contribution in [0, 0.1) is 0 Å². The smallest absolute Gasteiger partial charge is 0.193 e. The molecule has 1 rings (SSSR count). The number of rotatable bonds is 4. The van der Waals surface area contributed by atoms with Gasteiger partial charge in [0.05, 0.1) is 12.6 Å². The minimum Gasteiger partial charge on any atom is -0.380 e. The van der Waals surface area contributed by atoms with Crippen molar-refractivity contribution in [3.05, 3.63) is 30.3 Å². The molecule has 1 aromatic rings. The summed E-state index contributed by atoms with van der Waals surface area (Å²) in [4.78, 5) is 4.15. The molecule has 0 fully saturated rings. The summed E-state index contributed by atoms with van der Waals surface area (Å²) in [6.07, 6.45) is 0.0844. The number of ether oxygens (including phenoxy) is 1. The third-order valence-electron chi connectivity index (χ3n) is 1.97. The Morgan fingerprint density at radius 2 is 2.13 bits per heavy atom. The summed E-state index contributed by atoms with van der Waals surface area (Å²) in [5, 5.41) is 2.99. The first kappa shape index (κ1) is 11.5. The Morgan fingerprint density at radius 1 is 1.47 bits per heavy atom. The quantitative estimate of drug-likeness (QED) is 0.580. The van der Waals surface area contributed by atoms with Crippen LogP contribution in [0.5, 0.6) is 0 Å². The minimum atomic E-state index is 0.0844. The maximum atomic E-state index is 5.69. The highest BCUT2D eigenvalue weighted by molar-refractivity contribution is 5.92. The van der Waals surface area contributed by atoms with E-state index in [2.05, 4.69) is 10.3 Å². The third kappa shape index (κ3) is 4.46. The molecule has 82 valence electrons. The normalized spacial score (nSPS) is 13.6. The molecule has 1 unspecified atom stereocenters. The molecule has 0 amide bonds. The van der Waals surface area contributed by atoms with Gasteiger partial charge in [0.1, 0.15) is 0 Å². The van der Waals surface area contributed by atoms with Crippen LogP contribution in [-0.4, -0.2) is 25.7 Å². The van der Waals surface area contributed by atoms with Crippen LogP contribution in [0.15, 0.2) is 35.3 Å². The average molecular weight is 207 g/mol. The molecule has 0 radical (unpaired) electrons. The zero-order valence-electron chi connectivity index (χ0n) is 9.10. The Bertz CT molecular complexity index is 311. The van der Waals surface area contributed by atoms with Crippen LogP contribution in [0.25, 0.3) is 0 Å². The van der Waals surface area contributed by atoms with E-state index in [1.54, 1.807) is 7.11 Å². The number of methoxy groups -OCH3 is 1. The largest absolute Gasteiger partial charge is 0.380 e. The van der Waals surface area contributed by atoms with Gasteiger partial charge in [-0.2, -0.15) is 0 Å². The van der Waals surface area contributed by atoms with Gasteiger partial charge >= 0.3 is 0 Å². The fourth-order valence-electron chi connectivity index (χ4n) is 1.01. The first-order valence-corrected chi connectivity index (χ1v) is 4.87.